The number of carboxylic acids is 1. The van der Waals surface area contributed by atoms with Crippen LogP contribution in [0.15, 0.2) is 18.2 Å². The van der Waals surface area contributed by atoms with Gasteiger partial charge < -0.3 is 14.9 Å². The molecule has 0 atom stereocenters. The molecule has 2 aromatic rings. The SMILES string of the molecule is CN1CCN(c2ccc3c(C(=O)O)nsc3c2)CC1. The lowest BCUT2D eigenvalue weighted by molar-refractivity contribution is 0.0694. The monoisotopic (exact) mass is 277 g/mol. The van der Waals surface area contributed by atoms with Crippen LogP contribution in [0.4, 0.5) is 5.69 Å². The standard InChI is InChI=1S/C13H15N3O2S/c1-15-4-6-16(7-5-15)9-2-3-10-11(8-9)19-14-12(10)13(17)18/h2-3,8H,4-7H2,1H3,(H,17,18). The second-order valence-corrected chi connectivity index (χ2v) is 5.61. The zero-order valence-electron chi connectivity index (χ0n) is 10.7. The molecule has 0 aliphatic carbocycles. The van der Waals surface area contributed by atoms with Crippen LogP contribution in [0.5, 0.6) is 0 Å². The van der Waals surface area contributed by atoms with Crippen molar-refractivity contribution in [3.8, 4) is 0 Å². The number of aromatic nitrogens is 1. The van der Waals surface area contributed by atoms with Gasteiger partial charge in [0.15, 0.2) is 5.69 Å². The van der Waals surface area contributed by atoms with E-state index in [1.807, 2.05) is 18.2 Å². The Labute approximate surface area is 115 Å². The minimum absolute atomic E-state index is 0.157. The van der Waals surface area contributed by atoms with Gasteiger partial charge in [-0.05, 0) is 36.8 Å². The van der Waals surface area contributed by atoms with Crippen molar-refractivity contribution < 1.29 is 9.90 Å². The highest BCUT2D eigenvalue weighted by molar-refractivity contribution is 7.13. The molecule has 3 rings (SSSR count). The number of anilines is 1. The molecule has 100 valence electrons. The van der Waals surface area contributed by atoms with Gasteiger partial charge in [0.25, 0.3) is 0 Å². The zero-order valence-corrected chi connectivity index (χ0v) is 11.5. The molecule has 5 nitrogen and oxygen atoms in total. The predicted octanol–water partition coefficient (Wildman–Crippen LogP) is 1.75. The van der Waals surface area contributed by atoms with E-state index < -0.39 is 5.97 Å². The van der Waals surface area contributed by atoms with Crippen molar-refractivity contribution in [2.75, 3.05) is 38.1 Å². The molecule has 0 saturated carbocycles. The molecule has 1 aromatic carbocycles. The Morgan fingerprint density at radius 2 is 2.05 bits per heavy atom. The second-order valence-electron chi connectivity index (χ2n) is 4.81. The fourth-order valence-electron chi connectivity index (χ4n) is 2.34. The van der Waals surface area contributed by atoms with Crippen LogP contribution in [-0.2, 0) is 0 Å². The summed E-state index contributed by atoms with van der Waals surface area (Å²) in [7, 11) is 2.13. The van der Waals surface area contributed by atoms with Crippen molar-refractivity contribution in [2.45, 2.75) is 0 Å². The summed E-state index contributed by atoms with van der Waals surface area (Å²) in [6.07, 6.45) is 0. The molecule has 0 radical (unpaired) electrons. The van der Waals surface area contributed by atoms with E-state index in [1.54, 1.807) is 0 Å². The second kappa shape index (κ2) is 4.79. The minimum atomic E-state index is -0.960. The third-order valence-corrected chi connectivity index (χ3v) is 4.33. The Balaban J connectivity index is 1.92. The molecule has 0 amide bonds. The van der Waals surface area contributed by atoms with E-state index in [4.69, 9.17) is 5.11 Å². The first-order chi connectivity index (χ1) is 9.15. The van der Waals surface area contributed by atoms with Gasteiger partial charge in [0.2, 0.25) is 0 Å². The molecule has 1 fully saturated rings. The van der Waals surface area contributed by atoms with Crippen LogP contribution in [0.2, 0.25) is 0 Å². The van der Waals surface area contributed by atoms with Gasteiger partial charge in [0, 0.05) is 37.3 Å². The topological polar surface area (TPSA) is 56.7 Å². The van der Waals surface area contributed by atoms with Crippen LogP contribution in [0.1, 0.15) is 10.5 Å². The van der Waals surface area contributed by atoms with Crippen molar-refractivity contribution in [1.29, 1.82) is 0 Å². The van der Waals surface area contributed by atoms with Crippen LogP contribution < -0.4 is 4.90 Å². The summed E-state index contributed by atoms with van der Waals surface area (Å²) in [5.74, 6) is -0.960. The summed E-state index contributed by atoms with van der Waals surface area (Å²) in [4.78, 5) is 15.7. The van der Waals surface area contributed by atoms with Crippen molar-refractivity contribution >= 4 is 33.3 Å². The summed E-state index contributed by atoms with van der Waals surface area (Å²) in [6, 6.07) is 5.91. The maximum absolute atomic E-state index is 11.0. The van der Waals surface area contributed by atoms with Gasteiger partial charge in [0.1, 0.15) is 0 Å². The molecule has 1 aromatic heterocycles. The van der Waals surface area contributed by atoms with Gasteiger partial charge in [-0.15, -0.1) is 0 Å². The number of carboxylic acid groups (broad SMARTS) is 1. The van der Waals surface area contributed by atoms with Gasteiger partial charge in [-0.25, -0.2) is 4.79 Å². The number of likely N-dealkylation sites (N-methyl/N-ethyl adjacent to an activating group) is 1. The van der Waals surface area contributed by atoms with Crippen LogP contribution in [-0.4, -0.2) is 53.6 Å². The number of benzene rings is 1. The molecule has 1 aliphatic heterocycles. The average molecular weight is 277 g/mol. The van der Waals surface area contributed by atoms with Gasteiger partial charge in [-0.1, -0.05) is 0 Å². The lowest BCUT2D eigenvalue weighted by Crippen LogP contribution is -2.44. The molecule has 0 unspecified atom stereocenters. The lowest BCUT2D eigenvalue weighted by Gasteiger charge is -2.34. The third-order valence-electron chi connectivity index (χ3n) is 3.53. The number of hydrogen-bond acceptors (Lipinski definition) is 5. The molecular weight excluding hydrogens is 262 g/mol. The van der Waals surface area contributed by atoms with Crippen molar-refractivity contribution in [2.24, 2.45) is 0 Å². The maximum Gasteiger partial charge on any atom is 0.356 e. The number of rotatable bonds is 2. The summed E-state index contributed by atoms with van der Waals surface area (Å²) >= 11 is 1.25. The Morgan fingerprint density at radius 3 is 2.74 bits per heavy atom. The molecule has 1 aliphatic rings. The van der Waals surface area contributed by atoms with E-state index in [9.17, 15) is 4.79 Å². The Morgan fingerprint density at radius 1 is 1.32 bits per heavy atom. The van der Waals surface area contributed by atoms with E-state index in [0.29, 0.717) is 0 Å². The molecular formula is C13H15N3O2S. The van der Waals surface area contributed by atoms with Crippen LogP contribution in [0.25, 0.3) is 10.1 Å². The molecule has 1 saturated heterocycles. The first kappa shape index (κ1) is 12.4. The predicted molar refractivity (Wildman–Crippen MR) is 76.3 cm³/mol. The highest BCUT2D eigenvalue weighted by atomic mass is 32.1. The molecule has 2 heterocycles. The highest BCUT2D eigenvalue weighted by Gasteiger charge is 2.17. The lowest BCUT2D eigenvalue weighted by atomic mass is 10.2. The average Bonchev–Trinajstić information content (AvgIpc) is 2.82. The first-order valence-corrected chi connectivity index (χ1v) is 6.99. The number of piperazine rings is 1. The number of hydrogen-bond donors (Lipinski definition) is 1. The normalized spacial score (nSPS) is 17.0. The van der Waals surface area contributed by atoms with Crippen LogP contribution >= 0.6 is 11.5 Å². The van der Waals surface area contributed by atoms with E-state index in [-0.39, 0.29) is 5.69 Å². The highest BCUT2D eigenvalue weighted by Crippen LogP contribution is 2.28. The zero-order chi connectivity index (χ0) is 13.4. The fraction of sp³-hybridized carbons (Fsp3) is 0.385. The van der Waals surface area contributed by atoms with Crippen molar-refractivity contribution in [3.63, 3.8) is 0 Å². The van der Waals surface area contributed by atoms with Gasteiger partial charge in [-0.2, -0.15) is 4.37 Å². The molecule has 19 heavy (non-hydrogen) atoms. The van der Waals surface area contributed by atoms with E-state index in [0.717, 1.165) is 42.0 Å². The fourth-order valence-corrected chi connectivity index (χ4v) is 3.14. The molecule has 0 spiro atoms. The molecule has 0 bridgehead atoms. The van der Waals surface area contributed by atoms with Crippen LogP contribution in [0.3, 0.4) is 0 Å². The minimum Gasteiger partial charge on any atom is -0.476 e. The Kier molecular flexibility index (Phi) is 3.12. The summed E-state index contributed by atoms with van der Waals surface area (Å²) in [6.45, 7) is 4.13. The Bertz CT molecular complexity index is 617. The molecule has 1 N–H and O–H groups in total. The number of aromatic carboxylic acids is 1. The smallest absolute Gasteiger partial charge is 0.356 e. The number of nitrogens with zero attached hydrogens (tertiary/aromatic N) is 3. The number of carbonyl (C=O) groups is 1. The number of fused-ring (bicyclic) bond motifs is 1. The van der Waals surface area contributed by atoms with E-state index >= 15 is 0 Å². The third kappa shape index (κ3) is 2.29. The summed E-state index contributed by atoms with van der Waals surface area (Å²) < 4.78 is 4.95. The van der Waals surface area contributed by atoms with Crippen molar-refractivity contribution in [1.82, 2.24) is 9.27 Å². The maximum atomic E-state index is 11.0. The summed E-state index contributed by atoms with van der Waals surface area (Å²) in [5.41, 5.74) is 1.31. The Hall–Kier alpha value is -1.66. The van der Waals surface area contributed by atoms with Crippen molar-refractivity contribution in [3.05, 3.63) is 23.9 Å². The quantitative estimate of drug-likeness (QED) is 0.906. The van der Waals surface area contributed by atoms with Crippen LogP contribution in [0, 0.1) is 0 Å². The molecule has 6 heteroatoms. The van der Waals surface area contributed by atoms with Gasteiger partial charge in [-0.3, -0.25) is 0 Å². The van der Waals surface area contributed by atoms with Gasteiger partial charge in [0.05, 0.1) is 4.70 Å². The first-order valence-electron chi connectivity index (χ1n) is 6.21. The largest absolute Gasteiger partial charge is 0.476 e. The van der Waals surface area contributed by atoms with Gasteiger partial charge >= 0.3 is 5.97 Å². The van der Waals surface area contributed by atoms with E-state index in [1.165, 1.54) is 11.5 Å². The van der Waals surface area contributed by atoms with E-state index in [2.05, 4.69) is 21.2 Å². The summed E-state index contributed by atoms with van der Waals surface area (Å²) in [5, 5.41) is 9.78.